The zero-order valence-electron chi connectivity index (χ0n) is 4.98. The molecule has 0 saturated carbocycles. The van der Waals surface area contributed by atoms with E-state index >= 15 is 0 Å². The Bertz CT molecular complexity index is 40.7. The van der Waals surface area contributed by atoms with Gasteiger partial charge in [0.15, 0.2) is 9.76 Å². The Labute approximate surface area is 47.0 Å². The first-order valence-electron chi connectivity index (χ1n) is 2.52. The Kier molecular flexibility index (Phi) is 4.38. The maximum Gasteiger partial charge on any atom is 0.162 e. The minimum absolute atomic E-state index is 0.251. The average Bonchev–Trinajstić information content (AvgIpc) is 1.61. The topological polar surface area (TPSA) is 35.2 Å². The highest BCUT2D eigenvalue weighted by Crippen LogP contribution is 1.82. The van der Waals surface area contributed by atoms with Crippen molar-refractivity contribution in [2.45, 2.75) is 19.0 Å². The first-order chi connectivity index (χ1) is 3.27. The molecule has 2 N–H and O–H groups in total. The third kappa shape index (κ3) is 6.14. The van der Waals surface area contributed by atoms with Crippen LogP contribution in [0, 0.1) is 0 Å². The summed E-state index contributed by atoms with van der Waals surface area (Å²) in [6, 6.07) is 1.43. The summed E-state index contributed by atoms with van der Waals surface area (Å²) in [4.78, 5) is 0. The van der Waals surface area contributed by atoms with Crippen molar-refractivity contribution >= 4 is 9.76 Å². The van der Waals surface area contributed by atoms with E-state index in [-0.39, 0.29) is 9.76 Å². The van der Waals surface area contributed by atoms with Gasteiger partial charge in [-0.2, -0.15) is 0 Å². The van der Waals surface area contributed by atoms with Gasteiger partial charge >= 0.3 is 0 Å². The summed E-state index contributed by atoms with van der Waals surface area (Å²) in [5.74, 6) is 0. The molecule has 0 aromatic rings. The fraction of sp³-hybridized carbons (Fsp3) is 1.00. The molecule has 0 bridgehead atoms. The van der Waals surface area contributed by atoms with E-state index in [2.05, 4.69) is 0 Å². The van der Waals surface area contributed by atoms with Crippen molar-refractivity contribution in [2.75, 3.05) is 7.11 Å². The third-order valence-corrected chi connectivity index (χ3v) is 2.33. The summed E-state index contributed by atoms with van der Waals surface area (Å²) >= 11 is 0. The second kappa shape index (κ2) is 4.30. The molecule has 0 aromatic carbocycles. The van der Waals surface area contributed by atoms with Gasteiger partial charge in [-0.15, -0.1) is 0 Å². The van der Waals surface area contributed by atoms with Crippen LogP contribution in [-0.4, -0.2) is 22.9 Å². The molecule has 7 heavy (non-hydrogen) atoms. The van der Waals surface area contributed by atoms with Crippen LogP contribution in [0.15, 0.2) is 0 Å². The first kappa shape index (κ1) is 7.14. The lowest BCUT2D eigenvalue weighted by Gasteiger charge is -1.99. The summed E-state index contributed by atoms with van der Waals surface area (Å²) in [5.41, 5.74) is 5.43. The van der Waals surface area contributed by atoms with E-state index in [4.69, 9.17) is 10.2 Å². The fourth-order valence-electron chi connectivity index (χ4n) is 0.304. The number of hydrogen-bond donors (Lipinski definition) is 1. The standard InChI is InChI=1S/C4H13NOSi/c1-4(5)3-7-6-2/h4H,3,5,7H2,1-2H3. The Balaban J connectivity index is 2.68. The lowest BCUT2D eigenvalue weighted by atomic mass is 10.4. The lowest BCUT2D eigenvalue weighted by Crippen LogP contribution is -2.17. The average molecular weight is 119 g/mol. The van der Waals surface area contributed by atoms with E-state index in [0.717, 1.165) is 6.04 Å². The molecular formula is C4H13NOSi. The van der Waals surface area contributed by atoms with E-state index in [0.29, 0.717) is 6.04 Å². The maximum absolute atomic E-state index is 5.43. The van der Waals surface area contributed by atoms with Gasteiger partial charge in [0.25, 0.3) is 0 Å². The van der Waals surface area contributed by atoms with Gasteiger partial charge in [-0.1, -0.05) is 6.92 Å². The van der Waals surface area contributed by atoms with Crippen LogP contribution in [0.2, 0.25) is 6.04 Å². The van der Waals surface area contributed by atoms with Crippen LogP contribution in [0.1, 0.15) is 6.92 Å². The Morgan fingerprint density at radius 2 is 2.43 bits per heavy atom. The van der Waals surface area contributed by atoms with Crippen molar-refractivity contribution < 1.29 is 4.43 Å². The highest BCUT2D eigenvalue weighted by Gasteiger charge is 1.90. The lowest BCUT2D eigenvalue weighted by molar-refractivity contribution is 0.438. The van der Waals surface area contributed by atoms with Gasteiger partial charge < -0.3 is 10.2 Å². The smallest absolute Gasteiger partial charge is 0.162 e. The van der Waals surface area contributed by atoms with Crippen LogP contribution in [0.5, 0.6) is 0 Å². The molecule has 2 nitrogen and oxygen atoms in total. The summed E-state index contributed by atoms with van der Waals surface area (Å²) < 4.78 is 4.91. The molecule has 0 rings (SSSR count). The predicted octanol–water partition coefficient (Wildman–Crippen LogP) is -0.518. The Morgan fingerprint density at radius 1 is 1.86 bits per heavy atom. The van der Waals surface area contributed by atoms with Gasteiger partial charge in [0, 0.05) is 13.2 Å². The van der Waals surface area contributed by atoms with Gasteiger partial charge in [-0.25, -0.2) is 0 Å². The minimum Gasteiger partial charge on any atom is -0.427 e. The molecule has 0 fully saturated rings. The summed E-state index contributed by atoms with van der Waals surface area (Å²) in [6.07, 6.45) is 0. The molecule has 1 unspecified atom stereocenters. The van der Waals surface area contributed by atoms with Crippen molar-refractivity contribution in [3.8, 4) is 0 Å². The van der Waals surface area contributed by atoms with E-state index < -0.39 is 0 Å². The highest BCUT2D eigenvalue weighted by atomic mass is 28.2. The Morgan fingerprint density at radius 3 is 2.57 bits per heavy atom. The molecule has 0 aliphatic carbocycles. The van der Waals surface area contributed by atoms with Crippen LogP contribution in [0.3, 0.4) is 0 Å². The molecule has 44 valence electrons. The molecule has 0 aromatic heterocycles. The van der Waals surface area contributed by atoms with Gasteiger partial charge in [0.2, 0.25) is 0 Å². The SMILES string of the molecule is CO[SiH2]CC(C)N. The van der Waals surface area contributed by atoms with Crippen LogP contribution in [0.4, 0.5) is 0 Å². The van der Waals surface area contributed by atoms with Crippen LogP contribution < -0.4 is 5.73 Å². The van der Waals surface area contributed by atoms with Crippen LogP contribution in [0.25, 0.3) is 0 Å². The number of nitrogens with two attached hydrogens (primary N) is 1. The summed E-state index contributed by atoms with van der Waals surface area (Å²) in [7, 11) is 1.49. The van der Waals surface area contributed by atoms with E-state index in [9.17, 15) is 0 Å². The van der Waals surface area contributed by atoms with E-state index in [1.165, 1.54) is 0 Å². The zero-order chi connectivity index (χ0) is 5.70. The quantitative estimate of drug-likeness (QED) is 0.507. The molecule has 0 aliphatic heterocycles. The monoisotopic (exact) mass is 119 g/mol. The molecule has 3 heteroatoms. The van der Waals surface area contributed by atoms with Crippen molar-refractivity contribution in [3.63, 3.8) is 0 Å². The van der Waals surface area contributed by atoms with Crippen molar-refractivity contribution in [2.24, 2.45) is 5.73 Å². The van der Waals surface area contributed by atoms with Gasteiger partial charge in [-0.05, 0) is 6.04 Å². The molecule has 0 saturated heterocycles. The number of rotatable bonds is 3. The van der Waals surface area contributed by atoms with Crippen LogP contribution in [-0.2, 0) is 4.43 Å². The van der Waals surface area contributed by atoms with E-state index in [1.54, 1.807) is 7.11 Å². The minimum atomic E-state index is -0.251. The molecular weight excluding hydrogens is 106 g/mol. The normalized spacial score (nSPS) is 15.9. The van der Waals surface area contributed by atoms with Crippen molar-refractivity contribution in [3.05, 3.63) is 0 Å². The Hall–Kier alpha value is 0.137. The molecule has 0 heterocycles. The van der Waals surface area contributed by atoms with Gasteiger partial charge in [0.1, 0.15) is 0 Å². The molecule has 0 radical (unpaired) electrons. The maximum atomic E-state index is 5.43. The highest BCUT2D eigenvalue weighted by molar-refractivity contribution is 6.27. The van der Waals surface area contributed by atoms with Gasteiger partial charge in [0.05, 0.1) is 0 Å². The molecule has 1 atom stereocenters. The largest absolute Gasteiger partial charge is 0.427 e. The molecule has 0 aliphatic rings. The van der Waals surface area contributed by atoms with E-state index in [1.807, 2.05) is 6.92 Å². The zero-order valence-corrected chi connectivity index (χ0v) is 6.39. The summed E-state index contributed by atoms with van der Waals surface area (Å²) in [5, 5.41) is 0. The molecule has 0 spiro atoms. The number of hydrogen-bond acceptors (Lipinski definition) is 2. The second-order valence-electron chi connectivity index (χ2n) is 1.76. The van der Waals surface area contributed by atoms with Crippen molar-refractivity contribution in [1.82, 2.24) is 0 Å². The van der Waals surface area contributed by atoms with Crippen molar-refractivity contribution in [1.29, 1.82) is 0 Å². The first-order valence-corrected chi connectivity index (χ1v) is 4.09. The van der Waals surface area contributed by atoms with Crippen LogP contribution >= 0.6 is 0 Å². The van der Waals surface area contributed by atoms with Gasteiger partial charge in [-0.3, -0.25) is 0 Å². The molecule has 0 amide bonds. The second-order valence-corrected chi connectivity index (χ2v) is 3.32. The fourth-order valence-corrected chi connectivity index (χ4v) is 0.911. The predicted molar refractivity (Wildman–Crippen MR) is 34.0 cm³/mol. The summed E-state index contributed by atoms with van der Waals surface area (Å²) in [6.45, 7) is 2.01. The third-order valence-electron chi connectivity index (χ3n) is 0.777.